The molecule has 1 fully saturated rings. The number of hydrogen-bond donors (Lipinski definition) is 0. The molecule has 0 radical (unpaired) electrons. The first kappa shape index (κ1) is 19.5. The van der Waals surface area contributed by atoms with Crippen molar-refractivity contribution >= 4 is 33.6 Å². The van der Waals surface area contributed by atoms with E-state index in [0.717, 1.165) is 27.4 Å². The highest BCUT2D eigenvalue weighted by Gasteiger charge is 2.19. The minimum Gasteiger partial charge on any atom is -0.378 e. The standard InChI is InChI=1S/C19H24BrN3O2S/c1-14(2)12-23-17(15-3-5-16(20)6-4-15)11-21-19(23)26-13-18(24)22-7-9-25-10-8-22/h3-6,11,14H,7-10,12-13H2,1-2H3. The van der Waals surface area contributed by atoms with E-state index < -0.39 is 0 Å². The number of ether oxygens (including phenoxy) is 1. The van der Waals surface area contributed by atoms with Crippen molar-refractivity contribution in [2.24, 2.45) is 5.92 Å². The number of nitrogens with zero attached hydrogens (tertiary/aromatic N) is 3. The molecule has 5 nitrogen and oxygen atoms in total. The molecule has 1 aromatic heterocycles. The first-order chi connectivity index (χ1) is 12.5. The number of thioether (sulfide) groups is 1. The van der Waals surface area contributed by atoms with E-state index in [-0.39, 0.29) is 5.91 Å². The Kier molecular flexibility index (Phi) is 6.78. The lowest BCUT2D eigenvalue weighted by Gasteiger charge is -2.26. The van der Waals surface area contributed by atoms with Crippen molar-refractivity contribution in [3.63, 3.8) is 0 Å². The topological polar surface area (TPSA) is 47.4 Å². The second kappa shape index (κ2) is 9.06. The second-order valence-corrected chi connectivity index (χ2v) is 8.58. The fourth-order valence-electron chi connectivity index (χ4n) is 2.90. The smallest absolute Gasteiger partial charge is 0.233 e. The maximum absolute atomic E-state index is 12.4. The highest BCUT2D eigenvalue weighted by Crippen LogP contribution is 2.28. The van der Waals surface area contributed by atoms with Crippen molar-refractivity contribution in [3.8, 4) is 11.3 Å². The Hall–Kier alpha value is -1.31. The van der Waals surface area contributed by atoms with Gasteiger partial charge in [-0.15, -0.1) is 0 Å². The first-order valence-electron chi connectivity index (χ1n) is 8.84. The number of morpholine rings is 1. The number of amides is 1. The Balaban J connectivity index is 1.75. The average Bonchev–Trinajstić information content (AvgIpc) is 3.03. The molecule has 0 unspecified atom stereocenters. The van der Waals surface area contributed by atoms with Gasteiger partial charge in [0.1, 0.15) is 0 Å². The molecular weight excluding hydrogens is 414 g/mol. The Morgan fingerprint density at radius 2 is 1.96 bits per heavy atom. The molecule has 1 aliphatic rings. The number of carbonyl (C=O) groups excluding carboxylic acids is 1. The average molecular weight is 438 g/mol. The molecule has 0 atom stereocenters. The van der Waals surface area contributed by atoms with E-state index >= 15 is 0 Å². The number of benzene rings is 1. The molecule has 7 heteroatoms. The summed E-state index contributed by atoms with van der Waals surface area (Å²) in [5, 5.41) is 0.901. The van der Waals surface area contributed by atoms with Crippen LogP contribution in [0.15, 0.2) is 40.1 Å². The summed E-state index contributed by atoms with van der Waals surface area (Å²) in [5.41, 5.74) is 2.22. The monoisotopic (exact) mass is 437 g/mol. The number of aromatic nitrogens is 2. The predicted octanol–water partition coefficient (Wildman–Crippen LogP) is 3.92. The number of carbonyl (C=O) groups is 1. The summed E-state index contributed by atoms with van der Waals surface area (Å²) in [4.78, 5) is 18.9. The van der Waals surface area contributed by atoms with Crippen molar-refractivity contribution in [2.75, 3.05) is 32.1 Å². The van der Waals surface area contributed by atoms with Gasteiger partial charge in [-0.2, -0.15) is 0 Å². The zero-order chi connectivity index (χ0) is 18.5. The second-order valence-electron chi connectivity index (χ2n) is 6.72. The van der Waals surface area contributed by atoms with Gasteiger partial charge >= 0.3 is 0 Å². The van der Waals surface area contributed by atoms with Gasteiger partial charge in [-0.05, 0) is 23.6 Å². The maximum atomic E-state index is 12.4. The van der Waals surface area contributed by atoms with Gasteiger partial charge in [-0.1, -0.05) is 53.7 Å². The molecule has 140 valence electrons. The molecular formula is C19H24BrN3O2S. The summed E-state index contributed by atoms with van der Waals surface area (Å²) < 4.78 is 8.60. The van der Waals surface area contributed by atoms with E-state index in [2.05, 4.69) is 51.5 Å². The van der Waals surface area contributed by atoms with Crippen LogP contribution in [0.1, 0.15) is 13.8 Å². The summed E-state index contributed by atoms with van der Waals surface area (Å²) in [7, 11) is 0. The molecule has 2 aromatic rings. The lowest BCUT2D eigenvalue weighted by molar-refractivity contribution is -0.132. The number of hydrogen-bond acceptors (Lipinski definition) is 4. The Morgan fingerprint density at radius 1 is 1.27 bits per heavy atom. The minimum atomic E-state index is 0.155. The lowest BCUT2D eigenvalue weighted by Crippen LogP contribution is -2.41. The van der Waals surface area contributed by atoms with Crippen molar-refractivity contribution in [1.29, 1.82) is 0 Å². The summed E-state index contributed by atoms with van der Waals surface area (Å²) >= 11 is 5.00. The Morgan fingerprint density at radius 3 is 2.62 bits per heavy atom. The number of imidazole rings is 1. The van der Waals surface area contributed by atoms with Crippen LogP contribution in [0.4, 0.5) is 0 Å². The summed E-state index contributed by atoms with van der Waals surface area (Å²) in [6, 6.07) is 8.25. The van der Waals surface area contributed by atoms with Gasteiger partial charge in [-0.25, -0.2) is 4.98 Å². The molecule has 1 saturated heterocycles. The molecule has 1 aliphatic heterocycles. The maximum Gasteiger partial charge on any atom is 0.233 e. The number of halogens is 1. The van der Waals surface area contributed by atoms with Crippen LogP contribution in [0.5, 0.6) is 0 Å². The van der Waals surface area contributed by atoms with E-state index in [4.69, 9.17) is 4.74 Å². The predicted molar refractivity (Wildman–Crippen MR) is 108 cm³/mol. The first-order valence-corrected chi connectivity index (χ1v) is 10.6. The van der Waals surface area contributed by atoms with Gasteiger partial charge in [0.2, 0.25) is 5.91 Å². The van der Waals surface area contributed by atoms with Gasteiger partial charge in [0.05, 0.1) is 30.9 Å². The highest BCUT2D eigenvalue weighted by atomic mass is 79.9. The van der Waals surface area contributed by atoms with E-state index in [1.165, 1.54) is 11.8 Å². The minimum absolute atomic E-state index is 0.155. The normalized spacial score (nSPS) is 14.8. The van der Waals surface area contributed by atoms with E-state index in [1.807, 2.05) is 23.2 Å². The molecule has 0 bridgehead atoms. The van der Waals surface area contributed by atoms with Crippen LogP contribution in [0, 0.1) is 5.92 Å². The lowest BCUT2D eigenvalue weighted by atomic mass is 10.1. The van der Waals surface area contributed by atoms with Crippen LogP contribution in [0.3, 0.4) is 0 Å². The molecule has 26 heavy (non-hydrogen) atoms. The van der Waals surface area contributed by atoms with Gasteiger partial charge < -0.3 is 14.2 Å². The van der Waals surface area contributed by atoms with Gasteiger partial charge in [0, 0.05) is 24.1 Å². The van der Waals surface area contributed by atoms with Gasteiger partial charge in [0.15, 0.2) is 5.16 Å². The van der Waals surface area contributed by atoms with Crippen molar-refractivity contribution < 1.29 is 9.53 Å². The van der Waals surface area contributed by atoms with Gasteiger partial charge in [0.25, 0.3) is 0 Å². The third kappa shape index (κ3) is 4.90. The van der Waals surface area contributed by atoms with E-state index in [0.29, 0.717) is 38.0 Å². The van der Waals surface area contributed by atoms with Crippen LogP contribution in [-0.2, 0) is 16.1 Å². The van der Waals surface area contributed by atoms with Crippen LogP contribution in [0.25, 0.3) is 11.3 Å². The summed E-state index contributed by atoms with van der Waals surface area (Å²) in [5.74, 6) is 1.06. The molecule has 0 N–H and O–H groups in total. The van der Waals surface area contributed by atoms with Crippen LogP contribution < -0.4 is 0 Å². The van der Waals surface area contributed by atoms with Gasteiger partial charge in [-0.3, -0.25) is 4.79 Å². The molecule has 1 amide bonds. The third-order valence-corrected chi connectivity index (χ3v) is 5.70. The molecule has 1 aromatic carbocycles. The van der Waals surface area contributed by atoms with Crippen molar-refractivity contribution in [3.05, 3.63) is 34.9 Å². The van der Waals surface area contributed by atoms with E-state index in [9.17, 15) is 4.79 Å². The van der Waals surface area contributed by atoms with Crippen LogP contribution in [0.2, 0.25) is 0 Å². The highest BCUT2D eigenvalue weighted by molar-refractivity contribution is 9.10. The zero-order valence-electron chi connectivity index (χ0n) is 15.2. The van der Waals surface area contributed by atoms with Crippen LogP contribution in [-0.4, -0.2) is 52.4 Å². The molecule has 0 aliphatic carbocycles. The van der Waals surface area contributed by atoms with Crippen LogP contribution >= 0.6 is 27.7 Å². The van der Waals surface area contributed by atoms with Crippen molar-refractivity contribution in [1.82, 2.24) is 14.5 Å². The Bertz CT molecular complexity index is 740. The quantitative estimate of drug-likeness (QED) is 0.642. The fourth-order valence-corrected chi connectivity index (χ4v) is 4.05. The van der Waals surface area contributed by atoms with Crippen molar-refractivity contribution in [2.45, 2.75) is 25.5 Å². The molecule has 0 spiro atoms. The van der Waals surface area contributed by atoms with E-state index in [1.54, 1.807) is 0 Å². The molecule has 2 heterocycles. The number of rotatable bonds is 6. The third-order valence-electron chi connectivity index (χ3n) is 4.20. The molecule has 0 saturated carbocycles. The molecule has 3 rings (SSSR count). The largest absolute Gasteiger partial charge is 0.378 e. The zero-order valence-corrected chi connectivity index (χ0v) is 17.6. The fraction of sp³-hybridized carbons (Fsp3) is 0.474. The SMILES string of the molecule is CC(C)Cn1c(-c2ccc(Br)cc2)cnc1SCC(=O)N1CCOCC1. The summed E-state index contributed by atoms with van der Waals surface area (Å²) in [6.07, 6.45) is 1.91. The summed E-state index contributed by atoms with van der Waals surface area (Å²) in [6.45, 7) is 7.89. The Labute approximate surface area is 167 Å².